The third kappa shape index (κ3) is 3.85. The predicted molar refractivity (Wildman–Crippen MR) is 73.8 cm³/mol. The van der Waals surface area contributed by atoms with Crippen molar-refractivity contribution in [1.82, 2.24) is 4.90 Å². The van der Waals surface area contributed by atoms with Gasteiger partial charge >= 0.3 is 6.09 Å². The van der Waals surface area contributed by atoms with E-state index in [0.717, 1.165) is 12.7 Å². The third-order valence-electron chi connectivity index (χ3n) is 3.69. The average Bonchev–Trinajstić information content (AvgIpc) is 2.69. The Balaban J connectivity index is 1.98. The Morgan fingerprint density at radius 1 is 1.25 bits per heavy atom. The van der Waals surface area contributed by atoms with Gasteiger partial charge < -0.3 is 9.64 Å². The molecule has 6 nitrogen and oxygen atoms in total. The maximum absolute atomic E-state index is 12.1. The molecule has 1 aliphatic heterocycles. The lowest BCUT2D eigenvalue weighted by molar-refractivity contribution is 0.0210. The molecule has 20 heavy (non-hydrogen) atoms. The van der Waals surface area contributed by atoms with Crippen LogP contribution in [0.5, 0.6) is 0 Å². The number of carbonyl (C=O) groups is 1. The van der Waals surface area contributed by atoms with Crippen molar-refractivity contribution in [1.29, 1.82) is 0 Å². The predicted octanol–water partition coefficient (Wildman–Crippen LogP) is 1.75. The van der Waals surface area contributed by atoms with E-state index < -0.39 is 15.7 Å². The normalized spacial score (nSPS) is 30.4. The van der Waals surface area contributed by atoms with Crippen LogP contribution in [0.4, 0.5) is 4.79 Å². The lowest BCUT2D eigenvalue weighted by atomic mass is 10.0. The molecule has 116 valence electrons. The molecule has 0 aromatic heterocycles. The number of amides is 1. The summed E-state index contributed by atoms with van der Waals surface area (Å²) in [5, 5.41) is 0. The summed E-state index contributed by atoms with van der Waals surface area (Å²) >= 11 is 0. The molecule has 1 amide bonds. The molecule has 0 aromatic carbocycles. The van der Waals surface area contributed by atoms with E-state index in [0.29, 0.717) is 25.3 Å². The summed E-state index contributed by atoms with van der Waals surface area (Å²) in [7, 11) is -3.44. The molecular formula is C13H23NO5S. The van der Waals surface area contributed by atoms with Crippen molar-refractivity contribution >= 4 is 16.2 Å². The van der Waals surface area contributed by atoms with Crippen molar-refractivity contribution in [3.05, 3.63) is 0 Å². The summed E-state index contributed by atoms with van der Waals surface area (Å²) in [6.07, 6.45) is 2.57. The molecule has 1 aliphatic carbocycles. The van der Waals surface area contributed by atoms with E-state index >= 15 is 0 Å². The molecule has 3 unspecified atom stereocenters. The number of hydrogen-bond donors (Lipinski definition) is 0. The summed E-state index contributed by atoms with van der Waals surface area (Å²) in [4.78, 5) is 13.9. The van der Waals surface area contributed by atoms with Crippen LogP contribution in [0.1, 0.15) is 40.0 Å². The van der Waals surface area contributed by atoms with E-state index in [4.69, 9.17) is 8.92 Å². The Bertz CT molecular complexity index is 481. The van der Waals surface area contributed by atoms with Crippen LogP contribution in [0.25, 0.3) is 0 Å². The molecule has 3 atom stereocenters. The second-order valence-electron chi connectivity index (χ2n) is 6.68. The van der Waals surface area contributed by atoms with Gasteiger partial charge in [0.1, 0.15) is 5.60 Å². The molecule has 7 heteroatoms. The summed E-state index contributed by atoms with van der Waals surface area (Å²) in [5.41, 5.74) is -0.517. The van der Waals surface area contributed by atoms with Crippen LogP contribution in [0.15, 0.2) is 0 Å². The number of likely N-dealkylation sites (tertiary alicyclic amines) is 1. The molecule has 1 heterocycles. The first-order valence-corrected chi connectivity index (χ1v) is 8.75. The van der Waals surface area contributed by atoms with Gasteiger partial charge in [0.2, 0.25) is 0 Å². The number of carbonyl (C=O) groups excluding carboxylic acids is 1. The monoisotopic (exact) mass is 305 g/mol. The van der Waals surface area contributed by atoms with Gasteiger partial charge in [-0.25, -0.2) is 4.79 Å². The van der Waals surface area contributed by atoms with Crippen LogP contribution in [0.2, 0.25) is 0 Å². The van der Waals surface area contributed by atoms with Crippen molar-refractivity contribution < 1.29 is 22.1 Å². The molecule has 0 spiro atoms. The number of rotatable bonds is 2. The summed E-state index contributed by atoms with van der Waals surface area (Å²) in [6.45, 7) is 6.18. The van der Waals surface area contributed by atoms with Crippen molar-refractivity contribution in [3.8, 4) is 0 Å². The third-order valence-corrected chi connectivity index (χ3v) is 4.32. The Morgan fingerprint density at radius 2 is 1.90 bits per heavy atom. The molecular weight excluding hydrogens is 282 g/mol. The highest BCUT2D eigenvalue weighted by Gasteiger charge is 2.46. The standard InChI is InChI=1S/C13H23NO5S/c1-13(2,3)18-12(15)14-6-5-9-7-10(8-11(9)14)19-20(4,16)17/h9-11H,5-8H2,1-4H3. The van der Waals surface area contributed by atoms with Crippen LogP contribution >= 0.6 is 0 Å². The molecule has 0 aromatic rings. The summed E-state index contributed by atoms with van der Waals surface area (Å²) in [5.74, 6) is 0.314. The highest BCUT2D eigenvalue weighted by molar-refractivity contribution is 7.86. The van der Waals surface area contributed by atoms with Gasteiger partial charge in [0, 0.05) is 12.6 Å². The fourth-order valence-corrected chi connectivity index (χ4v) is 3.74. The Hall–Kier alpha value is -0.820. The largest absolute Gasteiger partial charge is 0.444 e. The van der Waals surface area contributed by atoms with Crippen molar-refractivity contribution in [2.75, 3.05) is 12.8 Å². The van der Waals surface area contributed by atoms with Crippen LogP contribution in [-0.2, 0) is 19.0 Å². The molecule has 0 N–H and O–H groups in total. The number of ether oxygens (including phenoxy) is 1. The van der Waals surface area contributed by atoms with Crippen molar-refractivity contribution in [3.63, 3.8) is 0 Å². The zero-order valence-electron chi connectivity index (χ0n) is 12.5. The van der Waals surface area contributed by atoms with Crippen LogP contribution in [0.3, 0.4) is 0 Å². The number of fused-ring (bicyclic) bond motifs is 1. The number of hydrogen-bond acceptors (Lipinski definition) is 5. The fourth-order valence-electron chi connectivity index (χ4n) is 3.09. The minimum Gasteiger partial charge on any atom is -0.444 e. The maximum Gasteiger partial charge on any atom is 0.410 e. The van der Waals surface area contributed by atoms with Crippen LogP contribution in [0, 0.1) is 5.92 Å². The van der Waals surface area contributed by atoms with Gasteiger partial charge in [-0.3, -0.25) is 4.18 Å². The van der Waals surface area contributed by atoms with E-state index in [1.165, 1.54) is 0 Å². The van der Waals surface area contributed by atoms with Crippen LogP contribution < -0.4 is 0 Å². The SMILES string of the molecule is CC(C)(C)OC(=O)N1CCC2CC(OS(C)(=O)=O)CC21. The van der Waals surface area contributed by atoms with Gasteiger partial charge in [-0.1, -0.05) is 0 Å². The highest BCUT2D eigenvalue weighted by atomic mass is 32.2. The maximum atomic E-state index is 12.1. The van der Waals surface area contributed by atoms with Crippen molar-refractivity contribution in [2.24, 2.45) is 5.92 Å². The number of nitrogens with zero attached hydrogens (tertiary/aromatic N) is 1. The zero-order valence-corrected chi connectivity index (χ0v) is 13.3. The quantitative estimate of drug-likeness (QED) is 0.727. The highest BCUT2D eigenvalue weighted by Crippen LogP contribution is 2.40. The molecule has 2 fully saturated rings. The first-order valence-electron chi connectivity index (χ1n) is 6.93. The first kappa shape index (κ1) is 15.6. The molecule has 1 saturated carbocycles. The van der Waals surface area contributed by atoms with E-state index in [9.17, 15) is 13.2 Å². The topological polar surface area (TPSA) is 72.9 Å². The van der Waals surface area contributed by atoms with E-state index in [-0.39, 0.29) is 18.2 Å². The summed E-state index contributed by atoms with van der Waals surface area (Å²) in [6, 6.07) is 0.0385. The van der Waals surface area contributed by atoms with Crippen molar-refractivity contribution in [2.45, 2.75) is 57.8 Å². The second-order valence-corrected chi connectivity index (χ2v) is 8.28. The summed E-state index contributed by atoms with van der Waals surface area (Å²) < 4.78 is 32.8. The van der Waals surface area contributed by atoms with Gasteiger partial charge in [0.15, 0.2) is 0 Å². The molecule has 2 aliphatic rings. The van der Waals surface area contributed by atoms with Crippen LogP contribution in [-0.4, -0.2) is 50.0 Å². The Morgan fingerprint density at radius 3 is 2.45 bits per heavy atom. The first-order chi connectivity index (χ1) is 9.05. The van der Waals surface area contributed by atoms with E-state index in [1.807, 2.05) is 20.8 Å². The minimum absolute atomic E-state index is 0.0385. The lowest BCUT2D eigenvalue weighted by Crippen LogP contribution is -2.40. The average molecular weight is 305 g/mol. The fraction of sp³-hybridized carbons (Fsp3) is 0.923. The van der Waals surface area contributed by atoms with Gasteiger partial charge in [-0.15, -0.1) is 0 Å². The molecule has 0 bridgehead atoms. The molecule has 1 saturated heterocycles. The van der Waals surface area contributed by atoms with Gasteiger partial charge in [-0.05, 0) is 46.0 Å². The lowest BCUT2D eigenvalue weighted by Gasteiger charge is -2.28. The van der Waals surface area contributed by atoms with E-state index in [1.54, 1.807) is 4.90 Å². The van der Waals surface area contributed by atoms with E-state index in [2.05, 4.69) is 0 Å². The molecule has 0 radical (unpaired) electrons. The zero-order chi connectivity index (χ0) is 15.1. The Labute approximate surface area is 120 Å². The smallest absolute Gasteiger partial charge is 0.410 e. The van der Waals surface area contributed by atoms with Gasteiger partial charge in [0.05, 0.1) is 12.4 Å². The second kappa shape index (κ2) is 5.18. The van der Waals surface area contributed by atoms with Gasteiger partial charge in [0.25, 0.3) is 10.1 Å². The minimum atomic E-state index is -3.44. The van der Waals surface area contributed by atoms with Gasteiger partial charge in [-0.2, -0.15) is 8.42 Å². The molecule has 2 rings (SSSR count). The Kier molecular flexibility index (Phi) is 4.03.